The second-order valence-corrected chi connectivity index (χ2v) is 10.5. The molecular formula is C30H31N4+. The van der Waals surface area contributed by atoms with E-state index in [0.29, 0.717) is 12.0 Å². The largest absolute Gasteiger partial charge is 0.353 e. The standard InChI is InChI=1S/C30H31N4/c1-3-19-18-34(2)15-13-24-22-9-5-7-11-26(22)33-30(24)28(34)17-20(19)16-27-29-23(12-14-31-27)21-8-4-6-10-25(21)32-29/h3-12,14,20,28,32-33H,13,15-18H2,1-2H3/q+1/b19-3+. The number of rotatable bonds is 2. The number of nitrogens with zero attached hydrogens (tertiary/aromatic N) is 2. The predicted molar refractivity (Wildman–Crippen MR) is 140 cm³/mol. The molecule has 0 bridgehead atoms. The van der Waals surface area contributed by atoms with Crippen molar-refractivity contribution in [3.63, 3.8) is 0 Å². The van der Waals surface area contributed by atoms with Crippen molar-refractivity contribution in [1.29, 1.82) is 0 Å². The van der Waals surface area contributed by atoms with Crippen LogP contribution in [0, 0.1) is 5.92 Å². The molecule has 2 aromatic carbocycles. The van der Waals surface area contributed by atoms with E-state index >= 15 is 0 Å². The maximum Gasteiger partial charge on any atom is 0.131 e. The minimum atomic E-state index is 0.503. The van der Waals surface area contributed by atoms with E-state index in [9.17, 15) is 0 Å². The average molecular weight is 448 g/mol. The summed E-state index contributed by atoms with van der Waals surface area (Å²) in [7, 11) is 2.47. The number of benzene rings is 2. The van der Waals surface area contributed by atoms with Gasteiger partial charge >= 0.3 is 0 Å². The van der Waals surface area contributed by atoms with Gasteiger partial charge in [-0.3, -0.25) is 4.98 Å². The maximum atomic E-state index is 4.89. The Balaban J connectivity index is 1.30. The van der Waals surface area contributed by atoms with Crippen LogP contribution in [0.2, 0.25) is 0 Å². The first-order valence-electron chi connectivity index (χ1n) is 12.6. The molecule has 0 radical (unpaired) electrons. The number of quaternary nitrogens is 1. The normalized spacial score (nSPS) is 25.8. The highest BCUT2D eigenvalue weighted by molar-refractivity contribution is 6.07. The van der Waals surface area contributed by atoms with Crippen LogP contribution in [0.25, 0.3) is 32.7 Å². The molecule has 0 spiro atoms. The Bertz CT molecular complexity index is 1590. The number of fused-ring (bicyclic) bond motifs is 8. The van der Waals surface area contributed by atoms with Crippen LogP contribution in [0.5, 0.6) is 0 Å². The van der Waals surface area contributed by atoms with Gasteiger partial charge in [0, 0.05) is 46.2 Å². The molecule has 4 heteroatoms. The first-order valence-corrected chi connectivity index (χ1v) is 12.6. The van der Waals surface area contributed by atoms with E-state index in [-0.39, 0.29) is 0 Å². The molecule has 5 heterocycles. The van der Waals surface area contributed by atoms with Gasteiger partial charge in [0.05, 0.1) is 30.5 Å². The zero-order valence-electron chi connectivity index (χ0n) is 19.9. The Kier molecular flexibility index (Phi) is 4.31. The highest BCUT2D eigenvalue weighted by Gasteiger charge is 2.47. The molecule has 170 valence electrons. The molecule has 0 saturated carbocycles. The van der Waals surface area contributed by atoms with E-state index < -0.39 is 0 Å². The molecule has 3 unspecified atom stereocenters. The molecule has 3 atom stereocenters. The zero-order valence-corrected chi connectivity index (χ0v) is 19.9. The average Bonchev–Trinajstić information content (AvgIpc) is 3.43. The van der Waals surface area contributed by atoms with Crippen molar-refractivity contribution in [3.05, 3.63) is 89.4 Å². The minimum Gasteiger partial charge on any atom is -0.353 e. The van der Waals surface area contributed by atoms with Crippen LogP contribution < -0.4 is 0 Å². The number of nitrogens with one attached hydrogen (secondary N) is 2. The first kappa shape index (κ1) is 20.0. The summed E-state index contributed by atoms with van der Waals surface area (Å²) < 4.78 is 1.11. The van der Waals surface area contributed by atoms with Crippen LogP contribution >= 0.6 is 0 Å². The molecule has 34 heavy (non-hydrogen) atoms. The number of likely N-dealkylation sites (N-methyl/N-ethyl adjacent to an activating group) is 1. The van der Waals surface area contributed by atoms with Gasteiger partial charge in [0.1, 0.15) is 12.6 Å². The first-order chi connectivity index (χ1) is 16.6. The number of aromatic amines is 2. The third kappa shape index (κ3) is 2.85. The van der Waals surface area contributed by atoms with Crippen molar-refractivity contribution in [2.75, 3.05) is 20.1 Å². The van der Waals surface area contributed by atoms with Crippen LogP contribution in [0.4, 0.5) is 0 Å². The summed E-state index contributed by atoms with van der Waals surface area (Å²) in [5.41, 5.74) is 9.51. The van der Waals surface area contributed by atoms with E-state index in [4.69, 9.17) is 4.98 Å². The summed E-state index contributed by atoms with van der Waals surface area (Å²) >= 11 is 0. The van der Waals surface area contributed by atoms with E-state index in [1.807, 2.05) is 6.20 Å². The van der Waals surface area contributed by atoms with Gasteiger partial charge in [-0.25, -0.2) is 0 Å². The van der Waals surface area contributed by atoms with Gasteiger partial charge in [-0.1, -0.05) is 42.5 Å². The molecule has 5 aromatic rings. The highest BCUT2D eigenvalue weighted by Crippen LogP contribution is 2.47. The summed E-state index contributed by atoms with van der Waals surface area (Å²) in [5.74, 6) is 0.503. The minimum absolute atomic E-state index is 0.503. The fourth-order valence-electron chi connectivity index (χ4n) is 6.90. The number of para-hydroxylation sites is 2. The third-order valence-electron chi connectivity index (χ3n) is 8.70. The number of hydrogen-bond donors (Lipinski definition) is 2. The van der Waals surface area contributed by atoms with Crippen LogP contribution in [0.1, 0.15) is 36.3 Å². The number of aromatic nitrogens is 3. The molecule has 1 saturated heterocycles. The van der Waals surface area contributed by atoms with Gasteiger partial charge in [-0.15, -0.1) is 0 Å². The molecule has 2 N–H and O–H groups in total. The molecule has 0 amide bonds. The summed E-state index contributed by atoms with van der Waals surface area (Å²) in [5, 5.41) is 3.99. The van der Waals surface area contributed by atoms with Crippen LogP contribution in [-0.4, -0.2) is 39.6 Å². The Morgan fingerprint density at radius 1 is 0.971 bits per heavy atom. The van der Waals surface area contributed by atoms with E-state index in [0.717, 1.165) is 30.3 Å². The van der Waals surface area contributed by atoms with E-state index in [1.54, 1.807) is 11.1 Å². The highest BCUT2D eigenvalue weighted by atomic mass is 15.4. The van der Waals surface area contributed by atoms with Crippen molar-refractivity contribution in [1.82, 2.24) is 15.0 Å². The molecule has 1 fully saturated rings. The van der Waals surface area contributed by atoms with E-state index in [2.05, 4.69) is 84.6 Å². The summed E-state index contributed by atoms with van der Waals surface area (Å²) in [6.07, 6.45) is 7.68. The predicted octanol–water partition coefficient (Wildman–Crippen LogP) is 6.45. The van der Waals surface area contributed by atoms with Crippen LogP contribution in [-0.2, 0) is 12.8 Å². The molecule has 4 nitrogen and oxygen atoms in total. The summed E-state index contributed by atoms with van der Waals surface area (Å²) in [6, 6.07) is 20.1. The van der Waals surface area contributed by atoms with Gasteiger partial charge in [-0.05, 0) is 48.6 Å². The topological polar surface area (TPSA) is 44.5 Å². The number of allylic oxidation sites excluding steroid dienone is 1. The summed E-state index contributed by atoms with van der Waals surface area (Å²) in [6.45, 7) is 4.56. The Morgan fingerprint density at radius 3 is 2.56 bits per heavy atom. The molecule has 3 aromatic heterocycles. The van der Waals surface area contributed by atoms with Crippen molar-refractivity contribution < 1.29 is 4.48 Å². The second kappa shape index (κ2) is 7.31. The number of hydrogen-bond acceptors (Lipinski definition) is 1. The van der Waals surface area contributed by atoms with Crippen LogP contribution in [0.3, 0.4) is 0 Å². The lowest BCUT2D eigenvalue weighted by Crippen LogP contribution is -2.56. The van der Waals surface area contributed by atoms with Gasteiger partial charge < -0.3 is 14.5 Å². The Hall–Kier alpha value is -3.37. The molecule has 2 aliphatic rings. The summed E-state index contributed by atoms with van der Waals surface area (Å²) in [4.78, 5) is 12.4. The number of pyridine rings is 1. The fourth-order valence-corrected chi connectivity index (χ4v) is 6.90. The number of piperidine rings is 1. The lowest BCUT2D eigenvalue weighted by molar-refractivity contribution is -0.942. The van der Waals surface area contributed by atoms with E-state index in [1.165, 1.54) is 50.6 Å². The fraction of sp³-hybridized carbons (Fsp3) is 0.300. The van der Waals surface area contributed by atoms with Gasteiger partial charge in [-0.2, -0.15) is 0 Å². The zero-order chi connectivity index (χ0) is 22.9. The van der Waals surface area contributed by atoms with Gasteiger partial charge in [0.15, 0.2) is 0 Å². The third-order valence-corrected chi connectivity index (χ3v) is 8.70. The molecular weight excluding hydrogens is 416 g/mol. The lowest BCUT2D eigenvalue weighted by Gasteiger charge is -2.50. The van der Waals surface area contributed by atoms with Gasteiger partial charge in [0.2, 0.25) is 0 Å². The van der Waals surface area contributed by atoms with Crippen molar-refractivity contribution in [2.24, 2.45) is 5.92 Å². The molecule has 2 aliphatic heterocycles. The van der Waals surface area contributed by atoms with Crippen molar-refractivity contribution >= 4 is 32.7 Å². The quantitative estimate of drug-likeness (QED) is 0.237. The van der Waals surface area contributed by atoms with Gasteiger partial charge in [0.25, 0.3) is 0 Å². The molecule has 7 rings (SSSR count). The lowest BCUT2D eigenvalue weighted by atomic mass is 9.78. The van der Waals surface area contributed by atoms with Crippen molar-refractivity contribution in [3.8, 4) is 0 Å². The maximum absolute atomic E-state index is 4.89. The number of H-pyrrole nitrogens is 2. The SMILES string of the molecule is C/C=C1\C[N+]2(C)CCc3c([nH]c4ccccc34)C2CC1Cc1nccc2c1[nH]c1ccccc12. The Labute approximate surface area is 199 Å². The second-order valence-electron chi connectivity index (χ2n) is 10.5. The molecule has 0 aliphatic carbocycles. The van der Waals surface area contributed by atoms with Crippen molar-refractivity contribution in [2.45, 2.75) is 32.2 Å². The monoisotopic (exact) mass is 447 g/mol. The van der Waals surface area contributed by atoms with Crippen LogP contribution in [0.15, 0.2) is 72.4 Å². The Morgan fingerprint density at radius 2 is 1.74 bits per heavy atom. The smallest absolute Gasteiger partial charge is 0.131 e.